The maximum Gasteiger partial charge on any atom is 0.211 e. The molecule has 1 saturated heterocycles. The molecule has 0 amide bonds. The van der Waals surface area contributed by atoms with E-state index in [-0.39, 0.29) is 5.82 Å². The number of rotatable bonds is 3. The maximum absolute atomic E-state index is 13.7. The molecule has 0 aliphatic carbocycles. The average Bonchev–Trinajstić information content (AvgIpc) is 2.37. The summed E-state index contributed by atoms with van der Waals surface area (Å²) in [5.74, 6) is -0.236. The second-order valence-electron chi connectivity index (χ2n) is 4.52. The largest absolute Gasteiger partial charge is 0.369 e. The van der Waals surface area contributed by atoms with Crippen molar-refractivity contribution in [2.45, 2.75) is 5.33 Å². The molecule has 1 aromatic carbocycles. The van der Waals surface area contributed by atoms with Gasteiger partial charge in [0.05, 0.1) is 6.26 Å². The molecule has 19 heavy (non-hydrogen) atoms. The molecule has 0 radical (unpaired) electrons. The number of anilines is 1. The molecule has 2 rings (SSSR count). The minimum Gasteiger partial charge on any atom is -0.369 e. The van der Waals surface area contributed by atoms with Gasteiger partial charge in [0.2, 0.25) is 10.0 Å². The Morgan fingerprint density at radius 3 is 2.42 bits per heavy atom. The Morgan fingerprint density at radius 1 is 1.26 bits per heavy atom. The zero-order valence-corrected chi connectivity index (χ0v) is 13.0. The van der Waals surface area contributed by atoms with Crippen molar-refractivity contribution in [2.24, 2.45) is 0 Å². The van der Waals surface area contributed by atoms with Gasteiger partial charge in [-0.15, -0.1) is 0 Å². The zero-order valence-electron chi connectivity index (χ0n) is 10.6. The lowest BCUT2D eigenvalue weighted by Crippen LogP contribution is -2.48. The molecule has 1 aliphatic heterocycles. The van der Waals surface area contributed by atoms with Gasteiger partial charge in [0.1, 0.15) is 5.82 Å². The van der Waals surface area contributed by atoms with Crippen LogP contribution in [0.25, 0.3) is 0 Å². The number of benzene rings is 1. The van der Waals surface area contributed by atoms with E-state index in [0.717, 1.165) is 5.69 Å². The lowest BCUT2D eigenvalue weighted by Gasteiger charge is -2.35. The van der Waals surface area contributed by atoms with Crippen molar-refractivity contribution in [1.29, 1.82) is 0 Å². The second kappa shape index (κ2) is 5.76. The normalized spacial score (nSPS) is 17.7. The molecule has 106 valence electrons. The van der Waals surface area contributed by atoms with Crippen LogP contribution < -0.4 is 4.90 Å². The summed E-state index contributed by atoms with van der Waals surface area (Å²) in [5.41, 5.74) is 1.46. The first-order valence-corrected chi connectivity index (χ1v) is 8.94. The fraction of sp³-hybridized carbons (Fsp3) is 0.500. The predicted molar refractivity (Wildman–Crippen MR) is 77.7 cm³/mol. The summed E-state index contributed by atoms with van der Waals surface area (Å²) >= 11 is 3.30. The lowest BCUT2D eigenvalue weighted by molar-refractivity contribution is 0.387. The topological polar surface area (TPSA) is 40.6 Å². The van der Waals surface area contributed by atoms with Gasteiger partial charge < -0.3 is 4.90 Å². The molecule has 0 bridgehead atoms. The summed E-state index contributed by atoms with van der Waals surface area (Å²) in [7, 11) is -3.13. The molecule has 1 heterocycles. The van der Waals surface area contributed by atoms with Crippen LogP contribution in [0, 0.1) is 5.82 Å². The SMILES string of the molecule is CS(=O)(=O)N1CCN(c2cccc(F)c2CBr)CC1. The average molecular weight is 351 g/mol. The van der Waals surface area contributed by atoms with Crippen molar-refractivity contribution in [1.82, 2.24) is 4.31 Å². The predicted octanol–water partition coefficient (Wildman–Crippen LogP) is 1.80. The van der Waals surface area contributed by atoms with E-state index in [4.69, 9.17) is 0 Å². The van der Waals surface area contributed by atoms with Gasteiger partial charge in [0, 0.05) is 42.8 Å². The number of alkyl halides is 1. The number of hydrogen-bond acceptors (Lipinski definition) is 3. The van der Waals surface area contributed by atoms with Gasteiger partial charge in [-0.05, 0) is 12.1 Å². The van der Waals surface area contributed by atoms with Crippen molar-refractivity contribution < 1.29 is 12.8 Å². The van der Waals surface area contributed by atoms with Gasteiger partial charge >= 0.3 is 0 Å². The Morgan fingerprint density at radius 2 is 1.89 bits per heavy atom. The molecule has 1 fully saturated rings. The van der Waals surface area contributed by atoms with Crippen LogP contribution in [0.15, 0.2) is 18.2 Å². The van der Waals surface area contributed by atoms with Crippen molar-refractivity contribution in [2.75, 3.05) is 37.3 Å². The first kappa shape index (κ1) is 14.7. The van der Waals surface area contributed by atoms with E-state index in [1.165, 1.54) is 16.6 Å². The fourth-order valence-electron chi connectivity index (χ4n) is 2.24. The molecular weight excluding hydrogens is 335 g/mol. The Kier molecular flexibility index (Phi) is 4.47. The number of sulfonamides is 1. The summed E-state index contributed by atoms with van der Waals surface area (Å²) in [4.78, 5) is 2.03. The highest BCUT2D eigenvalue weighted by molar-refractivity contribution is 9.08. The molecule has 0 atom stereocenters. The van der Waals surface area contributed by atoms with E-state index in [2.05, 4.69) is 15.9 Å². The number of piperazine rings is 1. The van der Waals surface area contributed by atoms with Crippen molar-refractivity contribution in [3.8, 4) is 0 Å². The number of nitrogens with zero attached hydrogens (tertiary/aromatic N) is 2. The van der Waals surface area contributed by atoms with Crippen LogP contribution in [-0.4, -0.2) is 45.2 Å². The third kappa shape index (κ3) is 3.27. The van der Waals surface area contributed by atoms with E-state index in [0.29, 0.717) is 37.1 Å². The van der Waals surface area contributed by atoms with Gasteiger partial charge in [0.25, 0.3) is 0 Å². The van der Waals surface area contributed by atoms with Crippen LogP contribution in [0.3, 0.4) is 0 Å². The van der Waals surface area contributed by atoms with Gasteiger partial charge in [-0.2, -0.15) is 4.31 Å². The molecule has 7 heteroatoms. The van der Waals surface area contributed by atoms with Crippen LogP contribution in [0.1, 0.15) is 5.56 Å². The van der Waals surface area contributed by atoms with Crippen LogP contribution >= 0.6 is 15.9 Å². The van der Waals surface area contributed by atoms with Gasteiger partial charge in [-0.3, -0.25) is 0 Å². The Labute approximate surface area is 121 Å². The van der Waals surface area contributed by atoms with E-state index >= 15 is 0 Å². The molecule has 1 aromatic rings. The highest BCUT2D eigenvalue weighted by atomic mass is 79.9. The summed E-state index contributed by atoms with van der Waals surface area (Å²) in [5, 5.41) is 0.446. The van der Waals surface area contributed by atoms with Crippen molar-refractivity contribution >= 4 is 31.6 Å². The molecule has 0 saturated carbocycles. The monoisotopic (exact) mass is 350 g/mol. The van der Waals surface area contributed by atoms with Crippen LogP contribution in [0.5, 0.6) is 0 Å². The van der Waals surface area contributed by atoms with E-state index in [9.17, 15) is 12.8 Å². The first-order valence-electron chi connectivity index (χ1n) is 5.97. The molecule has 0 N–H and O–H groups in total. The number of hydrogen-bond donors (Lipinski definition) is 0. The van der Waals surface area contributed by atoms with Crippen molar-refractivity contribution in [3.05, 3.63) is 29.6 Å². The van der Waals surface area contributed by atoms with E-state index in [1.807, 2.05) is 11.0 Å². The Balaban J connectivity index is 2.16. The quantitative estimate of drug-likeness (QED) is 0.780. The summed E-state index contributed by atoms with van der Waals surface area (Å²) in [6, 6.07) is 4.99. The third-order valence-corrected chi connectivity index (χ3v) is 5.14. The molecule has 4 nitrogen and oxygen atoms in total. The molecule has 0 spiro atoms. The zero-order chi connectivity index (χ0) is 14.0. The summed E-state index contributed by atoms with van der Waals surface area (Å²) in [6.45, 7) is 2.04. The van der Waals surface area contributed by atoms with Crippen molar-refractivity contribution in [3.63, 3.8) is 0 Å². The minimum atomic E-state index is -3.13. The maximum atomic E-state index is 13.7. The fourth-order valence-corrected chi connectivity index (χ4v) is 3.62. The summed E-state index contributed by atoms with van der Waals surface area (Å²) in [6.07, 6.45) is 1.22. The highest BCUT2D eigenvalue weighted by Crippen LogP contribution is 2.26. The molecular formula is C12H16BrFN2O2S. The van der Waals surface area contributed by atoms with Gasteiger partial charge in [-0.25, -0.2) is 12.8 Å². The second-order valence-corrected chi connectivity index (χ2v) is 7.06. The van der Waals surface area contributed by atoms with E-state index in [1.54, 1.807) is 6.07 Å². The smallest absolute Gasteiger partial charge is 0.211 e. The molecule has 1 aliphatic rings. The number of halogens is 2. The highest BCUT2D eigenvalue weighted by Gasteiger charge is 2.24. The molecule has 0 aromatic heterocycles. The van der Waals surface area contributed by atoms with Crippen LogP contribution in [-0.2, 0) is 15.4 Å². The van der Waals surface area contributed by atoms with Gasteiger partial charge in [-0.1, -0.05) is 22.0 Å². The van der Waals surface area contributed by atoms with Crippen LogP contribution in [0.2, 0.25) is 0 Å². The molecule has 0 unspecified atom stereocenters. The Hall–Kier alpha value is -0.660. The van der Waals surface area contributed by atoms with E-state index < -0.39 is 10.0 Å². The van der Waals surface area contributed by atoms with Crippen LogP contribution in [0.4, 0.5) is 10.1 Å². The minimum absolute atomic E-state index is 0.236. The summed E-state index contributed by atoms with van der Waals surface area (Å²) < 4.78 is 38.1. The lowest BCUT2D eigenvalue weighted by atomic mass is 10.1. The third-order valence-electron chi connectivity index (χ3n) is 3.28. The Bertz CT molecular complexity index is 557. The standard InChI is InChI=1S/C12H16BrFN2O2S/c1-19(17,18)16-7-5-15(6-8-16)12-4-2-3-11(14)10(12)9-13/h2-4H,5-9H2,1H3. The van der Waals surface area contributed by atoms with Gasteiger partial charge in [0.15, 0.2) is 0 Å². The first-order chi connectivity index (χ1) is 8.93.